The van der Waals surface area contributed by atoms with Gasteiger partial charge in [0.2, 0.25) is 5.82 Å². The third-order valence-electron chi connectivity index (χ3n) is 2.20. The van der Waals surface area contributed by atoms with Gasteiger partial charge >= 0.3 is 12.1 Å². The number of alkyl halides is 3. The number of hydrogen-bond acceptors (Lipinski definition) is 5. The zero-order valence-electron chi connectivity index (χ0n) is 9.64. The van der Waals surface area contributed by atoms with Gasteiger partial charge < -0.3 is 4.52 Å². The van der Waals surface area contributed by atoms with Crippen molar-refractivity contribution in [1.29, 1.82) is 0 Å². The Morgan fingerprint density at radius 1 is 1.25 bits per heavy atom. The molecule has 0 atom stereocenters. The van der Waals surface area contributed by atoms with Gasteiger partial charge in [-0.1, -0.05) is 17.3 Å². The standard InChI is InChI=1S/C10H7F3N4O2.ClH/c11-10(12,13)9-15-7(17-19-9)5-1-3-6(4-2-5)8(18)16-14;/h1-4H,14H2,(H,16,18);1H. The summed E-state index contributed by atoms with van der Waals surface area (Å²) >= 11 is 0. The van der Waals surface area contributed by atoms with Gasteiger partial charge in [0.25, 0.3) is 5.91 Å². The summed E-state index contributed by atoms with van der Waals surface area (Å²) in [5.41, 5.74) is 2.47. The Morgan fingerprint density at radius 2 is 1.85 bits per heavy atom. The quantitative estimate of drug-likeness (QED) is 0.501. The number of hydrogen-bond donors (Lipinski definition) is 2. The first kappa shape index (κ1) is 15.9. The monoisotopic (exact) mass is 308 g/mol. The summed E-state index contributed by atoms with van der Waals surface area (Å²) in [4.78, 5) is 14.4. The Bertz CT molecular complexity index is 597. The molecule has 0 unspecified atom stereocenters. The number of nitrogens with zero attached hydrogens (tertiary/aromatic N) is 2. The van der Waals surface area contributed by atoms with Crippen LogP contribution in [0.1, 0.15) is 16.2 Å². The van der Waals surface area contributed by atoms with Gasteiger partial charge in [0.15, 0.2) is 0 Å². The average Bonchev–Trinajstić information content (AvgIpc) is 2.87. The molecule has 0 saturated carbocycles. The number of carbonyl (C=O) groups is 1. The number of benzene rings is 1. The van der Waals surface area contributed by atoms with Gasteiger partial charge in [0, 0.05) is 11.1 Å². The lowest BCUT2D eigenvalue weighted by atomic mass is 10.1. The minimum absolute atomic E-state index is 0. The number of halogens is 4. The second-order valence-corrected chi connectivity index (χ2v) is 3.47. The van der Waals surface area contributed by atoms with Gasteiger partial charge in [0.05, 0.1) is 0 Å². The molecule has 0 bridgehead atoms. The maximum Gasteiger partial charge on any atom is 0.471 e. The lowest BCUT2D eigenvalue weighted by molar-refractivity contribution is -0.159. The van der Waals surface area contributed by atoms with Crippen molar-refractivity contribution in [1.82, 2.24) is 15.6 Å². The maximum atomic E-state index is 12.3. The van der Waals surface area contributed by atoms with Gasteiger partial charge in [-0.15, -0.1) is 12.4 Å². The third kappa shape index (κ3) is 3.25. The largest absolute Gasteiger partial charge is 0.471 e. The predicted octanol–water partition coefficient (Wildman–Crippen LogP) is 1.78. The molecule has 1 heterocycles. The van der Waals surface area contributed by atoms with Gasteiger partial charge in [-0.25, -0.2) is 5.84 Å². The van der Waals surface area contributed by atoms with Crippen LogP contribution in [0.2, 0.25) is 0 Å². The van der Waals surface area contributed by atoms with Crippen LogP contribution in [-0.4, -0.2) is 16.0 Å². The van der Waals surface area contributed by atoms with Gasteiger partial charge in [-0.05, 0) is 12.1 Å². The highest BCUT2D eigenvalue weighted by molar-refractivity contribution is 5.94. The van der Waals surface area contributed by atoms with Crippen molar-refractivity contribution in [3.05, 3.63) is 35.7 Å². The highest BCUT2D eigenvalue weighted by atomic mass is 35.5. The Kier molecular flexibility index (Phi) is 4.69. The Morgan fingerprint density at radius 3 is 2.30 bits per heavy atom. The van der Waals surface area contributed by atoms with Crippen molar-refractivity contribution in [2.24, 2.45) is 5.84 Å². The number of aromatic nitrogens is 2. The van der Waals surface area contributed by atoms with E-state index in [2.05, 4.69) is 14.7 Å². The van der Waals surface area contributed by atoms with Crippen LogP contribution < -0.4 is 11.3 Å². The molecule has 3 N–H and O–H groups in total. The van der Waals surface area contributed by atoms with Crippen LogP contribution in [0, 0.1) is 0 Å². The van der Waals surface area contributed by atoms with E-state index in [9.17, 15) is 18.0 Å². The van der Waals surface area contributed by atoms with Crippen molar-refractivity contribution in [3.63, 3.8) is 0 Å². The van der Waals surface area contributed by atoms with Crippen LogP contribution in [0.5, 0.6) is 0 Å². The molecule has 0 aliphatic rings. The first-order valence-electron chi connectivity index (χ1n) is 4.94. The fourth-order valence-corrected chi connectivity index (χ4v) is 1.31. The lowest BCUT2D eigenvalue weighted by Crippen LogP contribution is -2.29. The molecule has 1 aromatic carbocycles. The van der Waals surface area contributed by atoms with Crippen LogP contribution in [0.4, 0.5) is 13.2 Å². The molecule has 6 nitrogen and oxygen atoms in total. The van der Waals surface area contributed by atoms with Crippen LogP contribution >= 0.6 is 12.4 Å². The van der Waals surface area contributed by atoms with E-state index in [1.54, 1.807) is 0 Å². The molecule has 1 aromatic heterocycles. The first-order valence-corrected chi connectivity index (χ1v) is 4.94. The highest BCUT2D eigenvalue weighted by Gasteiger charge is 2.38. The normalized spacial score (nSPS) is 10.8. The number of amides is 1. The first-order chi connectivity index (χ1) is 8.91. The van der Waals surface area contributed by atoms with Crippen molar-refractivity contribution >= 4 is 18.3 Å². The third-order valence-corrected chi connectivity index (χ3v) is 2.20. The van der Waals surface area contributed by atoms with Gasteiger partial charge in [-0.3, -0.25) is 10.2 Å². The number of rotatable bonds is 2. The Hall–Kier alpha value is -2.13. The molecule has 2 aromatic rings. The smallest absolute Gasteiger partial charge is 0.329 e. The van der Waals surface area contributed by atoms with Crippen molar-refractivity contribution in [3.8, 4) is 11.4 Å². The van der Waals surface area contributed by atoms with Crippen molar-refractivity contribution < 1.29 is 22.5 Å². The second-order valence-electron chi connectivity index (χ2n) is 3.47. The molecular weight excluding hydrogens is 301 g/mol. The topological polar surface area (TPSA) is 94.0 Å². The van der Waals surface area contributed by atoms with Gasteiger partial charge in [0.1, 0.15) is 0 Å². The minimum atomic E-state index is -4.69. The summed E-state index contributed by atoms with van der Waals surface area (Å²) in [5, 5.41) is 3.22. The Labute approximate surface area is 116 Å². The van der Waals surface area contributed by atoms with E-state index >= 15 is 0 Å². The number of nitrogens with two attached hydrogens (primary N) is 1. The zero-order chi connectivity index (χ0) is 14.0. The second kappa shape index (κ2) is 5.88. The zero-order valence-corrected chi connectivity index (χ0v) is 10.5. The van der Waals surface area contributed by atoms with E-state index in [4.69, 9.17) is 5.84 Å². The molecule has 10 heteroatoms. The van der Waals surface area contributed by atoms with Crippen LogP contribution in [0.3, 0.4) is 0 Å². The van der Waals surface area contributed by atoms with E-state index in [1.807, 2.05) is 5.43 Å². The van der Waals surface area contributed by atoms with Crippen LogP contribution in [0.15, 0.2) is 28.8 Å². The summed E-state index contributed by atoms with van der Waals surface area (Å²) in [6.45, 7) is 0. The van der Waals surface area contributed by atoms with E-state index < -0.39 is 18.0 Å². The average molecular weight is 309 g/mol. The fourth-order valence-electron chi connectivity index (χ4n) is 1.31. The number of carbonyl (C=O) groups excluding carboxylic acids is 1. The molecule has 0 aliphatic carbocycles. The van der Waals surface area contributed by atoms with E-state index in [0.717, 1.165) is 0 Å². The SMILES string of the molecule is Cl.NNC(=O)c1ccc(-c2noc(C(F)(F)F)n2)cc1. The molecular formula is C10H8ClF3N4O2. The van der Waals surface area contributed by atoms with E-state index in [0.29, 0.717) is 0 Å². The molecule has 108 valence electrons. The number of nitrogens with one attached hydrogen (secondary N) is 1. The van der Waals surface area contributed by atoms with Gasteiger partial charge in [-0.2, -0.15) is 18.2 Å². The molecule has 2 rings (SSSR count). The molecule has 0 saturated heterocycles. The molecule has 0 fully saturated rings. The Balaban J connectivity index is 0.00000200. The summed E-state index contributed by atoms with van der Waals surface area (Å²) < 4.78 is 40.9. The number of nitrogen functional groups attached to an aromatic ring is 1. The molecule has 0 radical (unpaired) electrons. The fraction of sp³-hybridized carbons (Fsp3) is 0.100. The molecule has 0 aliphatic heterocycles. The lowest BCUT2D eigenvalue weighted by Gasteiger charge is -2.00. The van der Waals surface area contributed by atoms with Crippen molar-refractivity contribution in [2.75, 3.05) is 0 Å². The summed E-state index contributed by atoms with van der Waals surface area (Å²) in [5.74, 6) is 2.78. The van der Waals surface area contributed by atoms with Crippen molar-refractivity contribution in [2.45, 2.75) is 6.18 Å². The molecule has 1 amide bonds. The van der Waals surface area contributed by atoms with Crippen LogP contribution in [0.25, 0.3) is 11.4 Å². The highest BCUT2D eigenvalue weighted by Crippen LogP contribution is 2.29. The van der Waals surface area contributed by atoms with E-state index in [-0.39, 0.29) is 29.4 Å². The molecule has 0 spiro atoms. The van der Waals surface area contributed by atoms with Crippen LogP contribution in [-0.2, 0) is 6.18 Å². The predicted molar refractivity (Wildman–Crippen MR) is 63.6 cm³/mol. The molecule has 20 heavy (non-hydrogen) atoms. The van der Waals surface area contributed by atoms with E-state index in [1.165, 1.54) is 24.3 Å². The summed E-state index contributed by atoms with van der Waals surface area (Å²) in [6, 6.07) is 5.52. The maximum absolute atomic E-state index is 12.3. The number of hydrazine groups is 1. The summed E-state index contributed by atoms with van der Waals surface area (Å²) in [6.07, 6.45) is -4.69. The summed E-state index contributed by atoms with van der Waals surface area (Å²) in [7, 11) is 0. The minimum Gasteiger partial charge on any atom is -0.329 e.